The van der Waals surface area contributed by atoms with Crippen LogP contribution in [0, 0.1) is 0 Å². The van der Waals surface area contributed by atoms with E-state index in [4.69, 9.17) is 42.4 Å². The van der Waals surface area contributed by atoms with Crippen LogP contribution in [0.25, 0.3) is 22.2 Å². The molecule has 0 aliphatic carbocycles. The average molecular weight is 599 g/mol. The zero-order valence-corrected chi connectivity index (χ0v) is 24.0. The van der Waals surface area contributed by atoms with Gasteiger partial charge in [-0.3, -0.25) is 19.1 Å². The monoisotopic (exact) mass is 598 g/mol. The first kappa shape index (κ1) is 28.6. The van der Waals surface area contributed by atoms with Crippen LogP contribution in [0.4, 0.5) is 11.6 Å². The lowest BCUT2D eigenvalue weighted by molar-refractivity contribution is -0.105. The van der Waals surface area contributed by atoms with E-state index < -0.39 is 0 Å². The summed E-state index contributed by atoms with van der Waals surface area (Å²) in [7, 11) is 2.95. The summed E-state index contributed by atoms with van der Waals surface area (Å²) in [5.41, 5.74) is 1.92. The molecule has 0 unspecified atom stereocenters. The van der Waals surface area contributed by atoms with Gasteiger partial charge in [0.15, 0.2) is 0 Å². The minimum atomic E-state index is -0.355. The van der Waals surface area contributed by atoms with Crippen molar-refractivity contribution in [2.75, 3.05) is 38.1 Å². The Morgan fingerprint density at radius 2 is 1.80 bits per heavy atom. The zero-order valence-electron chi connectivity index (χ0n) is 22.4. The highest BCUT2D eigenvalue weighted by atomic mass is 35.5. The molecule has 5 rings (SSSR count). The molecule has 0 bridgehead atoms. The molecule has 13 heteroatoms. The number of ether oxygens (including phenoxy) is 3. The minimum absolute atomic E-state index is 0.171. The van der Waals surface area contributed by atoms with Crippen LogP contribution in [0.1, 0.15) is 18.5 Å². The molecule has 0 radical (unpaired) electrons. The van der Waals surface area contributed by atoms with Crippen molar-refractivity contribution in [1.29, 1.82) is 0 Å². The number of amides is 1. The van der Waals surface area contributed by atoms with Crippen LogP contribution in [-0.2, 0) is 22.5 Å². The maximum atomic E-state index is 14.1. The van der Waals surface area contributed by atoms with Gasteiger partial charge in [-0.25, -0.2) is 4.98 Å². The van der Waals surface area contributed by atoms with Crippen molar-refractivity contribution in [3.63, 3.8) is 0 Å². The SMILES string of the molecule is COc1cc(OC)c(Cl)c(-c2cc3cnc(NC4CCOCC4)nc3n(CCc3ccc(NC=O)cn3)c2=O)c1Cl. The first-order valence-corrected chi connectivity index (χ1v) is 13.7. The Hall–Kier alpha value is -3.93. The fourth-order valence-electron chi connectivity index (χ4n) is 4.71. The second-order valence-electron chi connectivity index (χ2n) is 9.35. The van der Waals surface area contributed by atoms with Gasteiger partial charge in [0.1, 0.15) is 17.1 Å². The van der Waals surface area contributed by atoms with Gasteiger partial charge in [-0.05, 0) is 31.0 Å². The fraction of sp³-hybridized carbons (Fsp3) is 0.321. The molecule has 41 heavy (non-hydrogen) atoms. The third kappa shape index (κ3) is 6.07. The molecule has 3 aromatic heterocycles. The first-order valence-electron chi connectivity index (χ1n) is 12.9. The topological polar surface area (TPSA) is 129 Å². The van der Waals surface area contributed by atoms with E-state index in [1.807, 2.05) is 0 Å². The number of hydrogen-bond acceptors (Lipinski definition) is 9. The predicted molar refractivity (Wildman–Crippen MR) is 157 cm³/mol. The normalized spacial score (nSPS) is 13.7. The molecule has 0 saturated carbocycles. The van der Waals surface area contributed by atoms with Gasteiger partial charge < -0.3 is 24.8 Å². The highest BCUT2D eigenvalue weighted by Gasteiger charge is 2.24. The van der Waals surface area contributed by atoms with Gasteiger partial charge in [0.25, 0.3) is 5.56 Å². The van der Waals surface area contributed by atoms with Gasteiger partial charge in [-0.15, -0.1) is 0 Å². The Balaban J connectivity index is 1.62. The molecule has 11 nitrogen and oxygen atoms in total. The van der Waals surface area contributed by atoms with Gasteiger partial charge in [0.2, 0.25) is 12.4 Å². The van der Waals surface area contributed by atoms with E-state index in [0.29, 0.717) is 60.2 Å². The molecule has 1 fully saturated rings. The Bertz CT molecular complexity index is 1600. The number of nitrogens with one attached hydrogen (secondary N) is 2. The molecule has 0 atom stereocenters. The lowest BCUT2D eigenvalue weighted by Crippen LogP contribution is -2.29. The summed E-state index contributed by atoms with van der Waals surface area (Å²) < 4.78 is 17.9. The Kier molecular flexibility index (Phi) is 8.87. The molecule has 1 saturated heterocycles. The number of benzene rings is 1. The van der Waals surface area contributed by atoms with E-state index in [1.54, 1.807) is 41.2 Å². The number of aryl methyl sites for hydroxylation is 2. The summed E-state index contributed by atoms with van der Waals surface area (Å²) in [4.78, 5) is 38.5. The number of carbonyl (C=O) groups excluding carboxylic acids is 1. The highest BCUT2D eigenvalue weighted by molar-refractivity contribution is 6.41. The van der Waals surface area contributed by atoms with Crippen LogP contribution >= 0.6 is 23.2 Å². The van der Waals surface area contributed by atoms with Gasteiger partial charge in [-0.1, -0.05) is 23.2 Å². The number of hydrogen-bond donors (Lipinski definition) is 2. The van der Waals surface area contributed by atoms with E-state index >= 15 is 0 Å². The number of pyridine rings is 2. The quantitative estimate of drug-likeness (QED) is 0.252. The summed E-state index contributed by atoms with van der Waals surface area (Å²) in [6, 6.07) is 6.95. The third-order valence-electron chi connectivity index (χ3n) is 6.87. The highest BCUT2D eigenvalue weighted by Crippen LogP contribution is 2.45. The smallest absolute Gasteiger partial charge is 0.260 e. The first-order chi connectivity index (χ1) is 19.9. The van der Waals surface area contributed by atoms with Crippen LogP contribution in [0.3, 0.4) is 0 Å². The number of anilines is 2. The second-order valence-corrected chi connectivity index (χ2v) is 10.1. The molecule has 4 heterocycles. The standard InChI is InChI=1S/C28H28Cl2N6O5/c1-39-21-12-22(40-2)25(30)23(24(21)29)20-11-16-13-32-28(34-18-6-9-41-10-7-18)35-26(16)36(27(20)38)8-5-17-3-4-19(14-31-17)33-15-37/h3-4,11-15,18H,5-10H2,1-2H3,(H,33,37)(H,32,34,35). The van der Waals surface area contributed by atoms with Gasteiger partial charge >= 0.3 is 0 Å². The van der Waals surface area contributed by atoms with Crippen molar-refractivity contribution in [2.24, 2.45) is 0 Å². The molecule has 1 aromatic carbocycles. The van der Waals surface area contributed by atoms with Crippen LogP contribution in [0.5, 0.6) is 11.5 Å². The molecule has 4 aromatic rings. The lowest BCUT2D eigenvalue weighted by Gasteiger charge is -2.23. The van der Waals surface area contributed by atoms with Crippen molar-refractivity contribution in [2.45, 2.75) is 31.8 Å². The van der Waals surface area contributed by atoms with Crippen molar-refractivity contribution in [3.8, 4) is 22.6 Å². The molecule has 2 N–H and O–H groups in total. The summed E-state index contributed by atoms with van der Waals surface area (Å²) in [5.74, 6) is 1.05. The van der Waals surface area contributed by atoms with Gasteiger partial charge in [0, 0.05) is 61.1 Å². The molecular formula is C28H28Cl2N6O5. The fourth-order valence-corrected chi connectivity index (χ4v) is 5.42. The molecule has 1 amide bonds. The van der Waals surface area contributed by atoms with Crippen molar-refractivity contribution < 1.29 is 19.0 Å². The van der Waals surface area contributed by atoms with E-state index in [9.17, 15) is 9.59 Å². The van der Waals surface area contributed by atoms with Crippen LogP contribution < -0.4 is 25.7 Å². The van der Waals surface area contributed by atoms with Crippen molar-refractivity contribution in [1.82, 2.24) is 19.5 Å². The van der Waals surface area contributed by atoms with E-state index in [-0.39, 0.29) is 39.3 Å². The Morgan fingerprint density at radius 1 is 1.07 bits per heavy atom. The molecular weight excluding hydrogens is 571 g/mol. The van der Waals surface area contributed by atoms with Crippen molar-refractivity contribution >= 4 is 52.3 Å². The lowest BCUT2D eigenvalue weighted by atomic mass is 10.0. The maximum Gasteiger partial charge on any atom is 0.260 e. The number of carbonyl (C=O) groups is 1. The summed E-state index contributed by atoms with van der Waals surface area (Å²) in [6.07, 6.45) is 5.89. The maximum absolute atomic E-state index is 14.1. The van der Waals surface area contributed by atoms with Crippen LogP contribution in [0.15, 0.2) is 41.5 Å². The predicted octanol–water partition coefficient (Wildman–Crippen LogP) is 4.58. The number of rotatable bonds is 10. The van der Waals surface area contributed by atoms with Gasteiger partial charge in [-0.2, -0.15) is 4.98 Å². The van der Waals surface area contributed by atoms with Gasteiger partial charge in [0.05, 0.1) is 41.7 Å². The van der Waals surface area contributed by atoms with E-state index in [0.717, 1.165) is 18.5 Å². The van der Waals surface area contributed by atoms with E-state index in [1.165, 1.54) is 14.2 Å². The Morgan fingerprint density at radius 3 is 2.44 bits per heavy atom. The average Bonchev–Trinajstić information content (AvgIpc) is 2.99. The summed E-state index contributed by atoms with van der Waals surface area (Å²) >= 11 is 13.4. The van der Waals surface area contributed by atoms with Crippen LogP contribution in [0.2, 0.25) is 10.0 Å². The molecule has 1 aliphatic rings. The number of aromatic nitrogens is 4. The largest absolute Gasteiger partial charge is 0.495 e. The summed E-state index contributed by atoms with van der Waals surface area (Å²) in [6.45, 7) is 1.58. The van der Waals surface area contributed by atoms with Crippen LogP contribution in [-0.4, -0.2) is 59.4 Å². The van der Waals surface area contributed by atoms with E-state index in [2.05, 4.69) is 20.6 Å². The minimum Gasteiger partial charge on any atom is -0.495 e. The molecule has 214 valence electrons. The molecule has 0 spiro atoms. The summed E-state index contributed by atoms with van der Waals surface area (Å²) in [5, 5.41) is 6.90. The number of methoxy groups -OCH3 is 2. The Labute approximate surface area is 245 Å². The van der Waals surface area contributed by atoms with Crippen molar-refractivity contribution in [3.05, 3.63) is 62.8 Å². The zero-order chi connectivity index (χ0) is 28.9. The third-order valence-corrected chi connectivity index (χ3v) is 7.62. The molecule has 1 aliphatic heterocycles. The number of halogens is 2. The number of fused-ring (bicyclic) bond motifs is 1. The number of nitrogens with zero attached hydrogens (tertiary/aromatic N) is 4. The second kappa shape index (κ2) is 12.7.